The average molecular weight is 327 g/mol. The van der Waals surface area contributed by atoms with Gasteiger partial charge in [0.1, 0.15) is 0 Å². The molecule has 4 nitrogen and oxygen atoms in total. The summed E-state index contributed by atoms with van der Waals surface area (Å²) in [7, 11) is 0. The first-order chi connectivity index (χ1) is 9.15. The minimum Gasteiger partial charge on any atom is -0.444 e. The number of carbonyl (C=O) groups is 1. The molecule has 2 fully saturated rings. The molecule has 104 valence electrons. The summed E-state index contributed by atoms with van der Waals surface area (Å²) < 4.78 is 5.94. The summed E-state index contributed by atoms with van der Waals surface area (Å²) in [6.45, 7) is 5.87. The maximum Gasteiger partial charge on any atom is 0.289 e. The van der Waals surface area contributed by atoms with Crippen LogP contribution < -0.4 is 0 Å². The van der Waals surface area contributed by atoms with E-state index >= 15 is 0 Å². The fourth-order valence-electron chi connectivity index (χ4n) is 2.79. The molecule has 1 saturated carbocycles. The van der Waals surface area contributed by atoms with E-state index in [1.165, 1.54) is 12.8 Å². The minimum atomic E-state index is 0.00410. The van der Waals surface area contributed by atoms with Gasteiger partial charge in [0.2, 0.25) is 0 Å². The molecule has 1 aliphatic carbocycles. The van der Waals surface area contributed by atoms with E-state index in [2.05, 4.69) is 27.8 Å². The van der Waals surface area contributed by atoms with Gasteiger partial charge in [0.25, 0.3) is 5.91 Å². The van der Waals surface area contributed by atoms with E-state index in [0.717, 1.165) is 32.1 Å². The molecule has 1 aliphatic heterocycles. The number of halogens is 1. The van der Waals surface area contributed by atoms with Crippen molar-refractivity contribution in [1.82, 2.24) is 9.80 Å². The van der Waals surface area contributed by atoms with Crippen LogP contribution in [0.4, 0.5) is 0 Å². The van der Waals surface area contributed by atoms with Crippen molar-refractivity contribution < 1.29 is 9.21 Å². The predicted molar refractivity (Wildman–Crippen MR) is 76.1 cm³/mol. The van der Waals surface area contributed by atoms with Crippen LogP contribution in [0.25, 0.3) is 0 Å². The summed E-state index contributed by atoms with van der Waals surface area (Å²) in [6, 6.07) is 4.17. The molecule has 1 amide bonds. The van der Waals surface area contributed by atoms with E-state index in [0.29, 0.717) is 16.5 Å². The third-order valence-corrected chi connectivity index (χ3v) is 4.69. The molecule has 1 aromatic rings. The van der Waals surface area contributed by atoms with E-state index in [-0.39, 0.29) is 5.91 Å². The number of piperazine rings is 1. The number of hydrogen-bond donors (Lipinski definition) is 0. The van der Waals surface area contributed by atoms with Gasteiger partial charge in [-0.3, -0.25) is 9.69 Å². The molecule has 0 spiro atoms. The molecular formula is C14H19BrN2O2. The van der Waals surface area contributed by atoms with Crippen LogP contribution in [0.3, 0.4) is 0 Å². The Labute approximate surface area is 121 Å². The normalized spacial score (nSPS) is 22.5. The van der Waals surface area contributed by atoms with Crippen molar-refractivity contribution in [1.29, 1.82) is 0 Å². The van der Waals surface area contributed by atoms with Gasteiger partial charge < -0.3 is 9.32 Å². The number of hydrogen-bond acceptors (Lipinski definition) is 3. The highest BCUT2D eigenvalue weighted by Gasteiger charge is 2.34. The van der Waals surface area contributed by atoms with Crippen LogP contribution in [0.5, 0.6) is 0 Å². The Morgan fingerprint density at radius 3 is 2.53 bits per heavy atom. The SMILES string of the molecule is CC(C1CC1)N1CCN(C(=O)c2ccc(Br)o2)CC1. The van der Waals surface area contributed by atoms with Gasteiger partial charge in [-0.25, -0.2) is 0 Å². The van der Waals surface area contributed by atoms with Crippen LogP contribution in [0, 0.1) is 5.92 Å². The Bertz CT molecular complexity index is 462. The van der Waals surface area contributed by atoms with Crippen LogP contribution in [-0.2, 0) is 0 Å². The van der Waals surface area contributed by atoms with Crippen LogP contribution >= 0.6 is 15.9 Å². The van der Waals surface area contributed by atoms with Crippen molar-refractivity contribution in [3.8, 4) is 0 Å². The lowest BCUT2D eigenvalue weighted by molar-refractivity contribution is 0.0534. The number of rotatable bonds is 3. The summed E-state index contributed by atoms with van der Waals surface area (Å²) in [5, 5.41) is 0. The monoisotopic (exact) mass is 326 g/mol. The third kappa shape index (κ3) is 2.87. The standard InChI is InChI=1S/C14H19BrN2O2/c1-10(11-2-3-11)16-6-8-17(9-7-16)14(18)12-4-5-13(15)19-12/h4-5,10-11H,2-3,6-9H2,1H3. The summed E-state index contributed by atoms with van der Waals surface area (Å²) in [6.07, 6.45) is 2.75. The van der Waals surface area contributed by atoms with Crippen molar-refractivity contribution in [2.45, 2.75) is 25.8 Å². The Morgan fingerprint density at radius 1 is 1.32 bits per heavy atom. The molecule has 1 atom stereocenters. The van der Waals surface area contributed by atoms with Gasteiger partial charge in [-0.1, -0.05) is 0 Å². The highest BCUT2D eigenvalue weighted by atomic mass is 79.9. The lowest BCUT2D eigenvalue weighted by atomic mass is 10.1. The van der Waals surface area contributed by atoms with Crippen LogP contribution in [0.2, 0.25) is 0 Å². The highest BCUT2D eigenvalue weighted by molar-refractivity contribution is 9.10. The zero-order valence-corrected chi connectivity index (χ0v) is 12.7. The second kappa shape index (κ2) is 5.29. The van der Waals surface area contributed by atoms with E-state index in [1.807, 2.05) is 4.90 Å². The van der Waals surface area contributed by atoms with Crippen LogP contribution in [-0.4, -0.2) is 47.9 Å². The van der Waals surface area contributed by atoms with E-state index in [1.54, 1.807) is 12.1 Å². The number of amides is 1. The summed E-state index contributed by atoms with van der Waals surface area (Å²) in [5.41, 5.74) is 0. The Morgan fingerprint density at radius 2 is 2.00 bits per heavy atom. The molecule has 0 bridgehead atoms. The minimum absolute atomic E-state index is 0.00410. The molecule has 5 heteroatoms. The third-order valence-electron chi connectivity index (χ3n) is 4.27. The van der Waals surface area contributed by atoms with E-state index in [4.69, 9.17) is 4.42 Å². The topological polar surface area (TPSA) is 36.7 Å². The van der Waals surface area contributed by atoms with Gasteiger partial charge in [-0.05, 0) is 53.7 Å². The molecule has 2 aliphatic rings. The molecule has 1 saturated heterocycles. The Kier molecular flexibility index (Phi) is 3.67. The lowest BCUT2D eigenvalue weighted by Crippen LogP contribution is -2.51. The fourth-order valence-corrected chi connectivity index (χ4v) is 3.10. The molecule has 0 aromatic carbocycles. The number of nitrogens with zero attached hydrogens (tertiary/aromatic N) is 2. The molecule has 0 radical (unpaired) electrons. The molecule has 1 aromatic heterocycles. The smallest absolute Gasteiger partial charge is 0.289 e. The van der Waals surface area contributed by atoms with Gasteiger partial charge in [-0.2, -0.15) is 0 Å². The Balaban J connectivity index is 1.56. The van der Waals surface area contributed by atoms with Gasteiger partial charge >= 0.3 is 0 Å². The molecular weight excluding hydrogens is 308 g/mol. The lowest BCUT2D eigenvalue weighted by Gasteiger charge is -2.37. The van der Waals surface area contributed by atoms with Gasteiger partial charge in [0.05, 0.1) is 0 Å². The first-order valence-corrected chi connectivity index (χ1v) is 7.73. The summed E-state index contributed by atoms with van der Waals surface area (Å²) in [5.74, 6) is 1.32. The molecule has 2 heterocycles. The van der Waals surface area contributed by atoms with E-state index < -0.39 is 0 Å². The number of carbonyl (C=O) groups excluding carboxylic acids is 1. The van der Waals surface area contributed by atoms with Crippen molar-refractivity contribution in [2.75, 3.05) is 26.2 Å². The zero-order valence-electron chi connectivity index (χ0n) is 11.1. The molecule has 0 N–H and O–H groups in total. The maximum absolute atomic E-state index is 12.2. The second-order valence-corrected chi connectivity index (χ2v) is 6.29. The molecule has 3 rings (SSSR count). The van der Waals surface area contributed by atoms with Gasteiger partial charge in [-0.15, -0.1) is 0 Å². The van der Waals surface area contributed by atoms with E-state index in [9.17, 15) is 4.79 Å². The van der Waals surface area contributed by atoms with Crippen LogP contribution in [0.15, 0.2) is 21.2 Å². The summed E-state index contributed by atoms with van der Waals surface area (Å²) in [4.78, 5) is 16.6. The second-order valence-electron chi connectivity index (χ2n) is 5.51. The zero-order chi connectivity index (χ0) is 13.4. The first kappa shape index (κ1) is 13.2. The van der Waals surface area contributed by atoms with Gasteiger partial charge in [0, 0.05) is 32.2 Å². The largest absolute Gasteiger partial charge is 0.444 e. The average Bonchev–Trinajstić information content (AvgIpc) is 3.19. The number of furan rings is 1. The molecule has 19 heavy (non-hydrogen) atoms. The van der Waals surface area contributed by atoms with Crippen molar-refractivity contribution in [3.63, 3.8) is 0 Å². The highest BCUT2D eigenvalue weighted by Crippen LogP contribution is 2.35. The van der Waals surface area contributed by atoms with Crippen molar-refractivity contribution in [2.24, 2.45) is 5.92 Å². The molecule has 1 unspecified atom stereocenters. The van der Waals surface area contributed by atoms with Crippen molar-refractivity contribution in [3.05, 3.63) is 22.6 Å². The first-order valence-electron chi connectivity index (χ1n) is 6.94. The van der Waals surface area contributed by atoms with Crippen LogP contribution in [0.1, 0.15) is 30.3 Å². The van der Waals surface area contributed by atoms with Gasteiger partial charge in [0.15, 0.2) is 10.4 Å². The predicted octanol–water partition coefficient (Wildman–Crippen LogP) is 2.60. The van der Waals surface area contributed by atoms with Crippen molar-refractivity contribution >= 4 is 21.8 Å². The fraction of sp³-hybridized carbons (Fsp3) is 0.643. The summed E-state index contributed by atoms with van der Waals surface area (Å²) >= 11 is 3.23. The maximum atomic E-state index is 12.2. The Hall–Kier alpha value is -0.810. The quantitative estimate of drug-likeness (QED) is 0.856.